The molecule has 0 radical (unpaired) electrons. The van der Waals surface area contributed by atoms with Gasteiger partial charge in [0.2, 0.25) is 11.8 Å². The van der Waals surface area contributed by atoms with Gasteiger partial charge in [0, 0.05) is 43.5 Å². The molecule has 2 aliphatic rings. The van der Waals surface area contributed by atoms with Crippen molar-refractivity contribution in [1.82, 2.24) is 9.80 Å². The zero-order chi connectivity index (χ0) is 21.6. The average molecular weight is 440 g/mol. The molecule has 2 amide bonds. The summed E-state index contributed by atoms with van der Waals surface area (Å²) in [6, 6.07) is 17.8. The van der Waals surface area contributed by atoms with E-state index in [2.05, 4.69) is 17.1 Å². The molecule has 31 heavy (non-hydrogen) atoms. The lowest BCUT2D eigenvalue weighted by Crippen LogP contribution is -2.48. The van der Waals surface area contributed by atoms with Crippen molar-refractivity contribution >= 4 is 29.3 Å². The second-order valence-electron chi connectivity index (χ2n) is 8.07. The molecule has 1 fully saturated rings. The highest BCUT2D eigenvalue weighted by molar-refractivity contribution is 8.01. The van der Waals surface area contributed by atoms with Crippen LogP contribution < -0.4 is 5.32 Å². The molecule has 0 saturated carbocycles. The maximum absolute atomic E-state index is 13.4. The van der Waals surface area contributed by atoms with Crippen LogP contribution in [0.15, 0.2) is 59.5 Å². The van der Waals surface area contributed by atoms with Crippen LogP contribution >= 0.6 is 11.8 Å². The highest BCUT2D eigenvalue weighted by Crippen LogP contribution is 2.37. The van der Waals surface area contributed by atoms with Crippen molar-refractivity contribution in [3.05, 3.63) is 60.2 Å². The highest BCUT2D eigenvalue weighted by atomic mass is 32.2. The monoisotopic (exact) mass is 439 g/mol. The molecule has 7 heteroatoms. The molecule has 2 heterocycles. The summed E-state index contributed by atoms with van der Waals surface area (Å²) < 4.78 is 5.46. The molecule has 1 saturated heterocycles. The smallest absolute Gasteiger partial charge is 0.238 e. The summed E-state index contributed by atoms with van der Waals surface area (Å²) in [4.78, 5) is 31.4. The van der Waals surface area contributed by atoms with Gasteiger partial charge in [-0.05, 0) is 24.6 Å². The molecule has 0 spiro atoms. The van der Waals surface area contributed by atoms with Crippen molar-refractivity contribution in [2.45, 2.75) is 36.1 Å². The van der Waals surface area contributed by atoms with Gasteiger partial charge in [-0.2, -0.15) is 0 Å². The molecule has 2 aliphatic heterocycles. The third-order valence-corrected chi connectivity index (χ3v) is 7.02. The molecule has 1 N–H and O–H groups in total. The van der Waals surface area contributed by atoms with Gasteiger partial charge in [0.25, 0.3) is 0 Å². The van der Waals surface area contributed by atoms with Crippen molar-refractivity contribution in [2.75, 3.05) is 38.2 Å². The van der Waals surface area contributed by atoms with Crippen LogP contribution in [0.4, 0.5) is 5.69 Å². The first-order valence-corrected chi connectivity index (χ1v) is 11.7. The number of carbonyl (C=O) groups is 2. The van der Waals surface area contributed by atoms with Crippen LogP contribution in [0.1, 0.15) is 18.9 Å². The number of para-hydroxylation sites is 1. The zero-order valence-corrected chi connectivity index (χ0v) is 18.6. The number of thioether (sulfide) groups is 1. The van der Waals surface area contributed by atoms with Gasteiger partial charge in [-0.15, -0.1) is 11.8 Å². The number of benzene rings is 2. The molecule has 164 valence electrons. The Morgan fingerprint density at radius 3 is 2.65 bits per heavy atom. The Morgan fingerprint density at radius 2 is 1.87 bits per heavy atom. The summed E-state index contributed by atoms with van der Waals surface area (Å²) in [5.41, 5.74) is 1.92. The normalized spacial score (nSPS) is 19.9. The van der Waals surface area contributed by atoms with Gasteiger partial charge < -0.3 is 15.0 Å². The number of ether oxygens (including phenoxy) is 1. The molecule has 2 aromatic rings. The topological polar surface area (TPSA) is 61.9 Å². The van der Waals surface area contributed by atoms with Gasteiger partial charge in [-0.3, -0.25) is 14.5 Å². The standard InChI is InChI=1S/C24H29N3O3S/c1-18(16-26-11-13-30-14-12-26)27(17-19-7-3-2-4-8-19)23(28)15-22-24(29)25-20-9-5-6-10-21(20)31-22/h2-10,18,22H,11-17H2,1H3,(H,25,29). The molecule has 2 unspecified atom stereocenters. The van der Waals surface area contributed by atoms with E-state index in [0.717, 1.165) is 49.0 Å². The largest absolute Gasteiger partial charge is 0.379 e. The number of hydrogen-bond donors (Lipinski definition) is 1. The number of nitrogens with one attached hydrogen (secondary N) is 1. The molecule has 2 aromatic carbocycles. The number of morpholine rings is 1. The van der Waals surface area contributed by atoms with Crippen LogP contribution in [0.2, 0.25) is 0 Å². The Hall–Kier alpha value is -2.35. The Kier molecular flexibility index (Phi) is 7.27. The van der Waals surface area contributed by atoms with Gasteiger partial charge >= 0.3 is 0 Å². The molecule has 2 atom stereocenters. The molecule has 0 aliphatic carbocycles. The SMILES string of the molecule is CC(CN1CCOCC1)N(Cc1ccccc1)C(=O)CC1Sc2ccccc2NC1=O. The van der Waals surface area contributed by atoms with Crippen LogP contribution in [-0.4, -0.2) is 65.8 Å². The number of carbonyl (C=O) groups excluding carboxylic acids is 2. The minimum Gasteiger partial charge on any atom is -0.379 e. The first-order valence-electron chi connectivity index (χ1n) is 10.8. The summed E-state index contributed by atoms with van der Waals surface area (Å²) in [5.74, 6) is -0.0887. The number of rotatable bonds is 7. The lowest BCUT2D eigenvalue weighted by atomic mass is 10.1. The first-order chi connectivity index (χ1) is 15.1. The zero-order valence-electron chi connectivity index (χ0n) is 17.8. The van der Waals surface area contributed by atoms with E-state index >= 15 is 0 Å². The molecule has 6 nitrogen and oxygen atoms in total. The van der Waals surface area contributed by atoms with Crippen LogP contribution in [0.5, 0.6) is 0 Å². The maximum Gasteiger partial charge on any atom is 0.238 e. The second-order valence-corrected chi connectivity index (χ2v) is 9.31. The fraction of sp³-hybridized carbons (Fsp3) is 0.417. The third kappa shape index (κ3) is 5.67. The number of amides is 2. The van der Waals surface area contributed by atoms with Gasteiger partial charge in [0.05, 0.1) is 24.2 Å². The van der Waals surface area contributed by atoms with E-state index in [1.54, 1.807) is 0 Å². The summed E-state index contributed by atoms with van der Waals surface area (Å²) >= 11 is 1.48. The van der Waals surface area contributed by atoms with Gasteiger partial charge in [-0.1, -0.05) is 42.5 Å². The van der Waals surface area contributed by atoms with Gasteiger partial charge in [0.1, 0.15) is 0 Å². The van der Waals surface area contributed by atoms with E-state index in [0.29, 0.717) is 6.54 Å². The quantitative estimate of drug-likeness (QED) is 0.718. The van der Waals surface area contributed by atoms with Crippen LogP contribution in [0.25, 0.3) is 0 Å². The second kappa shape index (κ2) is 10.3. The van der Waals surface area contributed by atoms with E-state index in [1.165, 1.54) is 11.8 Å². The maximum atomic E-state index is 13.4. The minimum atomic E-state index is -0.420. The number of hydrogen-bond acceptors (Lipinski definition) is 5. The number of anilines is 1. The number of fused-ring (bicyclic) bond motifs is 1. The Balaban J connectivity index is 1.47. The highest BCUT2D eigenvalue weighted by Gasteiger charge is 2.32. The summed E-state index contributed by atoms with van der Waals surface area (Å²) in [5, 5.41) is 2.53. The van der Waals surface area contributed by atoms with E-state index in [4.69, 9.17) is 4.74 Å². The van der Waals surface area contributed by atoms with Crippen molar-refractivity contribution in [1.29, 1.82) is 0 Å². The Bertz CT molecular complexity index is 902. The van der Waals surface area contributed by atoms with Crippen molar-refractivity contribution in [3.63, 3.8) is 0 Å². The summed E-state index contributed by atoms with van der Waals surface area (Å²) in [6.07, 6.45) is 0.186. The van der Waals surface area contributed by atoms with Crippen LogP contribution in [0, 0.1) is 0 Å². The van der Waals surface area contributed by atoms with E-state index in [1.807, 2.05) is 59.5 Å². The predicted molar refractivity (Wildman–Crippen MR) is 123 cm³/mol. The molecule has 4 rings (SSSR count). The molecular formula is C24H29N3O3S. The van der Waals surface area contributed by atoms with Gasteiger partial charge in [0.15, 0.2) is 0 Å². The Morgan fingerprint density at radius 1 is 1.16 bits per heavy atom. The fourth-order valence-corrected chi connectivity index (χ4v) is 5.13. The molecule has 0 bridgehead atoms. The Labute approximate surface area is 187 Å². The lowest BCUT2D eigenvalue weighted by Gasteiger charge is -2.36. The van der Waals surface area contributed by atoms with Gasteiger partial charge in [-0.25, -0.2) is 0 Å². The molecule has 0 aromatic heterocycles. The van der Waals surface area contributed by atoms with Crippen LogP contribution in [-0.2, 0) is 20.9 Å². The van der Waals surface area contributed by atoms with Crippen LogP contribution in [0.3, 0.4) is 0 Å². The fourth-order valence-electron chi connectivity index (χ4n) is 4.03. The van der Waals surface area contributed by atoms with Crippen molar-refractivity contribution in [3.8, 4) is 0 Å². The number of nitrogens with zero attached hydrogens (tertiary/aromatic N) is 2. The van der Waals surface area contributed by atoms with E-state index in [9.17, 15) is 9.59 Å². The lowest BCUT2D eigenvalue weighted by molar-refractivity contribution is -0.135. The van der Waals surface area contributed by atoms with E-state index in [-0.39, 0.29) is 24.3 Å². The van der Waals surface area contributed by atoms with Crippen molar-refractivity contribution < 1.29 is 14.3 Å². The van der Waals surface area contributed by atoms with Crippen molar-refractivity contribution in [2.24, 2.45) is 0 Å². The predicted octanol–water partition coefficient (Wildman–Crippen LogP) is 3.24. The summed E-state index contributed by atoms with van der Waals surface area (Å²) in [6.45, 7) is 6.68. The van der Waals surface area contributed by atoms with E-state index < -0.39 is 5.25 Å². The molecular weight excluding hydrogens is 410 g/mol. The first kappa shape index (κ1) is 21.9. The average Bonchev–Trinajstić information content (AvgIpc) is 2.79. The summed E-state index contributed by atoms with van der Waals surface area (Å²) in [7, 11) is 0. The minimum absolute atomic E-state index is 0.0108. The third-order valence-electron chi connectivity index (χ3n) is 5.74.